The predicted molar refractivity (Wildman–Crippen MR) is 50.3 cm³/mol. The smallest absolute Gasteiger partial charge is 0.0462 e. The Labute approximate surface area is 75.1 Å². The van der Waals surface area contributed by atoms with Gasteiger partial charge in [-0.15, -0.1) is 11.6 Å². The molecule has 0 amide bonds. The lowest BCUT2D eigenvalue weighted by Crippen LogP contribution is -1.92. The van der Waals surface area contributed by atoms with E-state index in [9.17, 15) is 0 Å². The first-order valence-corrected chi connectivity index (χ1v) is 4.84. The van der Waals surface area contributed by atoms with Gasteiger partial charge in [0.15, 0.2) is 0 Å². The van der Waals surface area contributed by atoms with Gasteiger partial charge >= 0.3 is 0 Å². The molecule has 0 saturated carbocycles. The number of hydrogen-bond donors (Lipinski definition) is 0. The van der Waals surface area contributed by atoms with Gasteiger partial charge in [-0.05, 0) is 19.8 Å². The molecule has 0 aliphatic rings. The maximum Gasteiger partial charge on any atom is 0.0462 e. The van der Waals surface area contributed by atoms with Crippen LogP contribution in [0.2, 0.25) is 0 Å². The van der Waals surface area contributed by atoms with Crippen LogP contribution in [-0.2, 0) is 4.74 Å². The number of ether oxygens (including phenoxy) is 1. The summed E-state index contributed by atoms with van der Waals surface area (Å²) >= 11 is 5.79. The Hall–Kier alpha value is 0.250. The number of hydrogen-bond acceptors (Lipinski definition) is 1. The molecule has 1 nitrogen and oxygen atoms in total. The highest BCUT2D eigenvalue weighted by Gasteiger charge is 1.95. The second-order valence-corrected chi connectivity index (χ2v) is 3.72. The lowest BCUT2D eigenvalue weighted by molar-refractivity contribution is 0.192. The van der Waals surface area contributed by atoms with E-state index >= 15 is 0 Å². The molecule has 2 heteroatoms. The molecule has 0 heterocycles. The molecule has 0 saturated heterocycles. The van der Waals surface area contributed by atoms with Crippen LogP contribution >= 0.6 is 11.6 Å². The monoisotopic (exact) mass is 178 g/mol. The number of unbranched alkanes of at least 4 members (excludes halogenated alkanes) is 3. The van der Waals surface area contributed by atoms with Gasteiger partial charge in [0, 0.05) is 19.1 Å². The molecule has 0 spiro atoms. The zero-order valence-corrected chi connectivity index (χ0v) is 8.36. The van der Waals surface area contributed by atoms with E-state index in [-0.39, 0.29) is 0 Å². The van der Waals surface area contributed by atoms with Gasteiger partial charge in [0.25, 0.3) is 0 Å². The van der Waals surface area contributed by atoms with Crippen molar-refractivity contribution >= 4 is 11.6 Å². The Morgan fingerprint density at radius 2 is 1.82 bits per heavy atom. The summed E-state index contributed by atoms with van der Waals surface area (Å²) < 4.78 is 4.94. The van der Waals surface area contributed by atoms with Crippen LogP contribution in [0, 0.1) is 0 Å². The lowest BCUT2D eigenvalue weighted by Gasteiger charge is -2.02. The molecule has 0 N–H and O–H groups in total. The summed E-state index contributed by atoms with van der Waals surface area (Å²) in [6, 6.07) is 0. The number of methoxy groups -OCH3 is 1. The first-order chi connectivity index (χ1) is 5.27. The molecule has 1 unspecified atom stereocenters. The highest BCUT2D eigenvalue weighted by atomic mass is 35.5. The van der Waals surface area contributed by atoms with E-state index in [0.29, 0.717) is 5.38 Å². The van der Waals surface area contributed by atoms with E-state index in [1.54, 1.807) is 7.11 Å². The molecular weight excluding hydrogens is 160 g/mol. The molecule has 11 heavy (non-hydrogen) atoms. The van der Waals surface area contributed by atoms with Crippen LogP contribution in [0.1, 0.15) is 39.0 Å². The van der Waals surface area contributed by atoms with Crippen molar-refractivity contribution < 1.29 is 4.74 Å². The third-order valence-electron chi connectivity index (χ3n) is 1.70. The zero-order valence-electron chi connectivity index (χ0n) is 7.61. The molecule has 0 bridgehead atoms. The van der Waals surface area contributed by atoms with E-state index < -0.39 is 0 Å². The zero-order chi connectivity index (χ0) is 8.53. The third-order valence-corrected chi connectivity index (χ3v) is 1.92. The summed E-state index contributed by atoms with van der Waals surface area (Å²) in [5, 5.41) is 0.345. The Morgan fingerprint density at radius 3 is 2.36 bits per heavy atom. The van der Waals surface area contributed by atoms with Gasteiger partial charge in [0.1, 0.15) is 0 Å². The number of halogens is 1. The highest BCUT2D eigenvalue weighted by molar-refractivity contribution is 6.20. The summed E-state index contributed by atoms with van der Waals surface area (Å²) in [6.07, 6.45) is 6.16. The standard InChI is InChI=1S/C9H19ClO/c1-9(10)7-5-3-4-6-8-11-2/h9H,3-8H2,1-2H3. The fourth-order valence-electron chi connectivity index (χ4n) is 1.03. The molecule has 0 rings (SSSR count). The molecule has 0 radical (unpaired) electrons. The summed E-state index contributed by atoms with van der Waals surface area (Å²) in [4.78, 5) is 0. The van der Waals surface area contributed by atoms with Crippen LogP contribution in [0.4, 0.5) is 0 Å². The molecule has 0 aromatic carbocycles. The minimum Gasteiger partial charge on any atom is -0.385 e. The van der Waals surface area contributed by atoms with Crippen LogP contribution in [0.15, 0.2) is 0 Å². The SMILES string of the molecule is COCCCCCCC(C)Cl. The minimum atomic E-state index is 0.345. The predicted octanol–water partition coefficient (Wildman–Crippen LogP) is 3.21. The summed E-state index contributed by atoms with van der Waals surface area (Å²) in [5.74, 6) is 0. The minimum absolute atomic E-state index is 0.345. The second-order valence-electron chi connectivity index (χ2n) is 2.98. The van der Waals surface area contributed by atoms with Crippen LogP contribution in [0.5, 0.6) is 0 Å². The Kier molecular flexibility index (Phi) is 8.54. The first-order valence-electron chi connectivity index (χ1n) is 4.40. The van der Waals surface area contributed by atoms with Crippen molar-refractivity contribution in [1.29, 1.82) is 0 Å². The average molecular weight is 179 g/mol. The largest absolute Gasteiger partial charge is 0.385 e. The molecular formula is C9H19ClO. The van der Waals surface area contributed by atoms with Crippen LogP contribution in [-0.4, -0.2) is 19.1 Å². The quantitative estimate of drug-likeness (QED) is 0.430. The molecule has 0 aliphatic carbocycles. The molecule has 0 aromatic rings. The summed E-state index contributed by atoms with van der Waals surface area (Å²) in [5.41, 5.74) is 0. The molecule has 0 aromatic heterocycles. The summed E-state index contributed by atoms with van der Waals surface area (Å²) in [7, 11) is 1.75. The number of rotatable bonds is 7. The lowest BCUT2D eigenvalue weighted by atomic mass is 10.1. The Balaban J connectivity index is 2.80. The highest BCUT2D eigenvalue weighted by Crippen LogP contribution is 2.08. The van der Waals surface area contributed by atoms with E-state index in [1.807, 2.05) is 0 Å². The van der Waals surface area contributed by atoms with Crippen molar-refractivity contribution in [1.82, 2.24) is 0 Å². The first kappa shape index (κ1) is 11.2. The van der Waals surface area contributed by atoms with Crippen molar-refractivity contribution in [2.75, 3.05) is 13.7 Å². The average Bonchev–Trinajstić information content (AvgIpc) is 1.96. The van der Waals surface area contributed by atoms with Crippen molar-refractivity contribution in [3.8, 4) is 0 Å². The van der Waals surface area contributed by atoms with Gasteiger partial charge < -0.3 is 4.74 Å². The van der Waals surface area contributed by atoms with E-state index in [1.165, 1.54) is 25.7 Å². The van der Waals surface area contributed by atoms with E-state index in [2.05, 4.69) is 6.92 Å². The van der Waals surface area contributed by atoms with Gasteiger partial charge in [-0.2, -0.15) is 0 Å². The fraction of sp³-hybridized carbons (Fsp3) is 1.00. The fourth-order valence-corrected chi connectivity index (χ4v) is 1.18. The van der Waals surface area contributed by atoms with Crippen LogP contribution in [0.3, 0.4) is 0 Å². The summed E-state index contributed by atoms with van der Waals surface area (Å²) in [6.45, 7) is 2.95. The van der Waals surface area contributed by atoms with E-state index in [4.69, 9.17) is 16.3 Å². The number of alkyl halides is 1. The van der Waals surface area contributed by atoms with Gasteiger partial charge in [0.05, 0.1) is 0 Å². The van der Waals surface area contributed by atoms with Crippen molar-refractivity contribution in [3.63, 3.8) is 0 Å². The molecule has 0 fully saturated rings. The molecule has 1 atom stereocenters. The van der Waals surface area contributed by atoms with Crippen molar-refractivity contribution in [2.45, 2.75) is 44.4 Å². The van der Waals surface area contributed by atoms with Crippen LogP contribution in [0.25, 0.3) is 0 Å². The van der Waals surface area contributed by atoms with Crippen LogP contribution < -0.4 is 0 Å². The second kappa shape index (κ2) is 8.35. The molecule has 0 aliphatic heterocycles. The normalized spacial score (nSPS) is 13.4. The van der Waals surface area contributed by atoms with Crippen molar-refractivity contribution in [2.24, 2.45) is 0 Å². The Morgan fingerprint density at radius 1 is 1.18 bits per heavy atom. The topological polar surface area (TPSA) is 9.23 Å². The van der Waals surface area contributed by atoms with Gasteiger partial charge in [-0.25, -0.2) is 0 Å². The van der Waals surface area contributed by atoms with E-state index in [0.717, 1.165) is 13.0 Å². The third kappa shape index (κ3) is 10.2. The van der Waals surface area contributed by atoms with Gasteiger partial charge in [-0.3, -0.25) is 0 Å². The maximum absolute atomic E-state index is 5.79. The van der Waals surface area contributed by atoms with Gasteiger partial charge in [0.2, 0.25) is 0 Å². The van der Waals surface area contributed by atoms with Crippen molar-refractivity contribution in [3.05, 3.63) is 0 Å². The maximum atomic E-state index is 5.79. The molecule has 68 valence electrons. The Bertz CT molecular complexity index is 74.0. The van der Waals surface area contributed by atoms with Gasteiger partial charge in [-0.1, -0.05) is 19.3 Å².